The van der Waals surface area contributed by atoms with E-state index in [1.54, 1.807) is 24.4 Å². The Morgan fingerprint density at radius 2 is 1.87 bits per heavy atom. The van der Waals surface area contributed by atoms with Crippen molar-refractivity contribution in [3.8, 4) is 22.9 Å². The zero-order valence-electron chi connectivity index (χ0n) is 17.0. The standard InChI is InChI=1S/C22H20N4O4S/c1-13-17(24-21(29-13)15-6-4-3-5-7-15)10-20(28)26-22-25-18(12-31-22)19-9-8-16(30-19)11-23-14(2)27/h3-9,12H,10-11H2,1-2H3,(H,23,27)(H,25,26,28). The first kappa shape index (κ1) is 20.5. The summed E-state index contributed by atoms with van der Waals surface area (Å²) >= 11 is 1.30. The Morgan fingerprint density at radius 1 is 1.06 bits per heavy atom. The van der Waals surface area contributed by atoms with Gasteiger partial charge in [-0.1, -0.05) is 18.2 Å². The van der Waals surface area contributed by atoms with Crippen LogP contribution in [0.3, 0.4) is 0 Å². The lowest BCUT2D eigenvalue weighted by Gasteiger charge is -1.99. The normalized spacial score (nSPS) is 10.8. The van der Waals surface area contributed by atoms with Crippen LogP contribution >= 0.6 is 11.3 Å². The summed E-state index contributed by atoms with van der Waals surface area (Å²) in [7, 11) is 0. The maximum Gasteiger partial charge on any atom is 0.232 e. The van der Waals surface area contributed by atoms with E-state index >= 15 is 0 Å². The van der Waals surface area contributed by atoms with Gasteiger partial charge in [-0.25, -0.2) is 9.97 Å². The van der Waals surface area contributed by atoms with Crippen molar-refractivity contribution < 1.29 is 18.4 Å². The Morgan fingerprint density at radius 3 is 2.65 bits per heavy atom. The fourth-order valence-electron chi connectivity index (χ4n) is 2.88. The lowest BCUT2D eigenvalue weighted by molar-refractivity contribution is -0.119. The maximum absolute atomic E-state index is 12.5. The molecule has 1 aromatic carbocycles. The van der Waals surface area contributed by atoms with Crippen molar-refractivity contribution in [2.75, 3.05) is 5.32 Å². The van der Waals surface area contributed by atoms with E-state index in [1.165, 1.54) is 18.3 Å². The second-order valence-electron chi connectivity index (χ2n) is 6.83. The van der Waals surface area contributed by atoms with Crippen LogP contribution in [0.1, 0.15) is 24.1 Å². The van der Waals surface area contributed by atoms with Gasteiger partial charge in [0.15, 0.2) is 10.9 Å². The second-order valence-corrected chi connectivity index (χ2v) is 7.68. The molecule has 2 amide bonds. The molecule has 0 atom stereocenters. The number of hydrogen-bond donors (Lipinski definition) is 2. The lowest BCUT2D eigenvalue weighted by Crippen LogP contribution is -2.18. The average molecular weight is 436 g/mol. The molecule has 3 heterocycles. The van der Waals surface area contributed by atoms with E-state index in [0.717, 1.165) is 5.56 Å². The molecule has 0 bridgehead atoms. The number of thiazole rings is 1. The van der Waals surface area contributed by atoms with Gasteiger partial charge in [0.25, 0.3) is 0 Å². The van der Waals surface area contributed by atoms with Gasteiger partial charge in [-0.15, -0.1) is 11.3 Å². The quantitative estimate of drug-likeness (QED) is 0.450. The van der Waals surface area contributed by atoms with Gasteiger partial charge in [0.2, 0.25) is 17.7 Å². The Bertz CT molecular complexity index is 1210. The molecule has 2 N–H and O–H groups in total. The third kappa shape index (κ3) is 5.07. The van der Waals surface area contributed by atoms with Gasteiger partial charge < -0.3 is 19.5 Å². The van der Waals surface area contributed by atoms with E-state index in [9.17, 15) is 9.59 Å². The smallest absolute Gasteiger partial charge is 0.232 e. The number of carbonyl (C=O) groups excluding carboxylic acids is 2. The molecule has 31 heavy (non-hydrogen) atoms. The summed E-state index contributed by atoms with van der Waals surface area (Å²) in [6, 6.07) is 13.1. The van der Waals surface area contributed by atoms with Gasteiger partial charge >= 0.3 is 0 Å². The van der Waals surface area contributed by atoms with E-state index in [2.05, 4.69) is 20.6 Å². The molecule has 158 valence electrons. The summed E-state index contributed by atoms with van der Waals surface area (Å²) in [6.07, 6.45) is 0.0820. The fraction of sp³-hybridized carbons (Fsp3) is 0.182. The van der Waals surface area contributed by atoms with Gasteiger partial charge in [-0.05, 0) is 31.2 Å². The van der Waals surface area contributed by atoms with Crippen LogP contribution in [-0.4, -0.2) is 21.8 Å². The lowest BCUT2D eigenvalue weighted by atomic mass is 10.2. The van der Waals surface area contributed by atoms with Crippen LogP contribution in [0.5, 0.6) is 0 Å². The number of aromatic nitrogens is 2. The molecule has 0 aliphatic carbocycles. The Hall–Kier alpha value is -3.72. The molecule has 0 fully saturated rings. The van der Waals surface area contributed by atoms with Crippen molar-refractivity contribution in [3.63, 3.8) is 0 Å². The highest BCUT2D eigenvalue weighted by molar-refractivity contribution is 7.14. The van der Waals surface area contributed by atoms with Crippen molar-refractivity contribution in [1.29, 1.82) is 0 Å². The van der Waals surface area contributed by atoms with Crippen LogP contribution in [0.15, 0.2) is 56.7 Å². The summed E-state index contributed by atoms with van der Waals surface area (Å²) in [4.78, 5) is 32.4. The minimum atomic E-state index is -0.234. The van der Waals surface area contributed by atoms with Crippen molar-refractivity contribution in [2.45, 2.75) is 26.8 Å². The number of hydrogen-bond acceptors (Lipinski definition) is 7. The molecule has 0 radical (unpaired) electrons. The number of amides is 2. The number of nitrogens with one attached hydrogen (secondary N) is 2. The molecule has 4 aromatic rings. The Labute approximate surface area is 182 Å². The third-order valence-corrected chi connectivity index (χ3v) is 5.18. The molecule has 8 nitrogen and oxygen atoms in total. The molecule has 0 aliphatic heterocycles. The van der Waals surface area contributed by atoms with Crippen LogP contribution < -0.4 is 10.6 Å². The van der Waals surface area contributed by atoms with Gasteiger partial charge in [0.1, 0.15) is 17.2 Å². The molecule has 0 aliphatic rings. The zero-order valence-corrected chi connectivity index (χ0v) is 17.8. The number of rotatable bonds is 7. The second kappa shape index (κ2) is 8.97. The van der Waals surface area contributed by atoms with Crippen molar-refractivity contribution in [2.24, 2.45) is 0 Å². The van der Waals surface area contributed by atoms with E-state index in [4.69, 9.17) is 8.83 Å². The SMILES string of the molecule is CC(=O)NCc1ccc(-c2csc(NC(=O)Cc3nc(-c4ccccc4)oc3C)n2)o1. The minimum absolute atomic E-state index is 0.0820. The molecule has 0 unspecified atom stereocenters. The molecular weight excluding hydrogens is 416 g/mol. The topological polar surface area (TPSA) is 110 Å². The number of nitrogens with zero attached hydrogens (tertiary/aromatic N) is 2. The van der Waals surface area contributed by atoms with Gasteiger partial charge in [0, 0.05) is 17.9 Å². The molecule has 4 rings (SSSR count). The first-order valence-electron chi connectivity index (χ1n) is 9.58. The molecule has 0 saturated heterocycles. The van der Waals surface area contributed by atoms with Crippen LogP contribution in [0, 0.1) is 6.92 Å². The monoisotopic (exact) mass is 436 g/mol. The number of anilines is 1. The zero-order chi connectivity index (χ0) is 21.8. The van der Waals surface area contributed by atoms with Crippen LogP contribution in [0.25, 0.3) is 22.9 Å². The predicted octanol–water partition coefficient (Wildman–Crippen LogP) is 4.18. The summed E-state index contributed by atoms with van der Waals surface area (Å²) in [6.45, 7) is 3.55. The first-order chi connectivity index (χ1) is 15.0. The average Bonchev–Trinajstić information content (AvgIpc) is 3.48. The van der Waals surface area contributed by atoms with Gasteiger partial charge in [0.05, 0.1) is 18.7 Å². The van der Waals surface area contributed by atoms with Crippen molar-refractivity contribution >= 4 is 28.3 Å². The summed E-state index contributed by atoms with van der Waals surface area (Å²) in [5.74, 6) is 1.93. The molecule has 0 saturated carbocycles. The van der Waals surface area contributed by atoms with Crippen molar-refractivity contribution in [1.82, 2.24) is 15.3 Å². The van der Waals surface area contributed by atoms with E-state index in [0.29, 0.717) is 46.2 Å². The van der Waals surface area contributed by atoms with Gasteiger partial charge in [-0.2, -0.15) is 0 Å². The number of aryl methyl sites for hydroxylation is 1. The highest BCUT2D eigenvalue weighted by Gasteiger charge is 2.16. The highest BCUT2D eigenvalue weighted by Crippen LogP contribution is 2.27. The summed E-state index contributed by atoms with van der Waals surface area (Å²) < 4.78 is 11.4. The number of benzene rings is 1. The summed E-state index contributed by atoms with van der Waals surface area (Å²) in [5.41, 5.74) is 2.05. The maximum atomic E-state index is 12.5. The molecule has 9 heteroatoms. The van der Waals surface area contributed by atoms with Crippen LogP contribution in [-0.2, 0) is 22.6 Å². The highest BCUT2D eigenvalue weighted by atomic mass is 32.1. The molecular formula is C22H20N4O4S. The van der Waals surface area contributed by atoms with Gasteiger partial charge in [-0.3, -0.25) is 9.59 Å². The fourth-order valence-corrected chi connectivity index (χ4v) is 3.59. The van der Waals surface area contributed by atoms with Crippen LogP contribution in [0.2, 0.25) is 0 Å². The van der Waals surface area contributed by atoms with E-state index < -0.39 is 0 Å². The number of furan rings is 1. The number of oxazole rings is 1. The largest absolute Gasteiger partial charge is 0.458 e. The van der Waals surface area contributed by atoms with E-state index in [-0.39, 0.29) is 18.2 Å². The minimum Gasteiger partial charge on any atom is -0.458 e. The number of carbonyl (C=O) groups is 2. The van der Waals surface area contributed by atoms with Crippen LogP contribution in [0.4, 0.5) is 5.13 Å². The van der Waals surface area contributed by atoms with Crippen molar-refractivity contribution in [3.05, 3.63) is 65.1 Å². The predicted molar refractivity (Wildman–Crippen MR) is 116 cm³/mol. The molecule has 0 spiro atoms. The molecule has 3 aromatic heterocycles. The summed E-state index contributed by atoms with van der Waals surface area (Å²) in [5, 5.41) is 7.73. The third-order valence-electron chi connectivity index (χ3n) is 4.42. The Balaban J connectivity index is 1.39. The Kier molecular flexibility index (Phi) is 5.94. The van der Waals surface area contributed by atoms with E-state index in [1.807, 2.05) is 30.3 Å². The first-order valence-corrected chi connectivity index (χ1v) is 10.5.